The summed E-state index contributed by atoms with van der Waals surface area (Å²) in [6.45, 7) is 6.57. The van der Waals surface area contributed by atoms with Crippen molar-refractivity contribution in [2.24, 2.45) is 0 Å². The lowest BCUT2D eigenvalue weighted by molar-refractivity contribution is 0.0560. The van der Waals surface area contributed by atoms with E-state index in [1.54, 1.807) is 87.5 Å². The number of amidine groups is 1. The van der Waals surface area contributed by atoms with Gasteiger partial charge in [-0.05, 0) is 87.4 Å². The average molecular weight is 582 g/mol. The highest BCUT2D eigenvalue weighted by Gasteiger charge is 2.22. The number of ketones is 1. The zero-order valence-corrected chi connectivity index (χ0v) is 24.4. The van der Waals surface area contributed by atoms with Crippen molar-refractivity contribution >= 4 is 35.3 Å². The highest BCUT2D eigenvalue weighted by Crippen LogP contribution is 2.33. The van der Waals surface area contributed by atoms with E-state index in [1.165, 1.54) is 26.4 Å². The lowest BCUT2D eigenvalue weighted by Crippen LogP contribution is -2.36. The van der Waals surface area contributed by atoms with Gasteiger partial charge in [0.05, 0.1) is 18.9 Å². The summed E-state index contributed by atoms with van der Waals surface area (Å²) in [7, 11) is 1.24. The molecule has 0 aliphatic carbocycles. The van der Waals surface area contributed by atoms with E-state index in [2.05, 4.69) is 10.6 Å². The summed E-state index contributed by atoms with van der Waals surface area (Å²) in [6, 6.07) is 19.6. The van der Waals surface area contributed by atoms with Crippen molar-refractivity contribution in [2.45, 2.75) is 33.3 Å². The molecule has 0 saturated carbocycles. The zero-order chi connectivity index (χ0) is 31.3. The summed E-state index contributed by atoms with van der Waals surface area (Å²) in [6.07, 6.45) is 0.775. The average Bonchev–Trinajstić information content (AvgIpc) is 3.50. The number of benzene rings is 3. The Morgan fingerprint density at radius 2 is 1.49 bits per heavy atom. The molecule has 0 radical (unpaired) electrons. The van der Waals surface area contributed by atoms with Crippen molar-refractivity contribution in [3.05, 3.63) is 101 Å². The van der Waals surface area contributed by atoms with Crippen LogP contribution in [0.2, 0.25) is 0 Å². The number of rotatable bonds is 7. The molecule has 10 heteroatoms. The number of hydrogen-bond acceptors (Lipinski definition) is 8. The molecule has 0 saturated heterocycles. The van der Waals surface area contributed by atoms with E-state index in [4.69, 9.17) is 19.3 Å². The van der Waals surface area contributed by atoms with Gasteiger partial charge >= 0.3 is 12.1 Å². The summed E-state index contributed by atoms with van der Waals surface area (Å²) >= 11 is 0. The first kappa shape index (κ1) is 30.4. The third-order valence-electron chi connectivity index (χ3n) is 6.25. The summed E-state index contributed by atoms with van der Waals surface area (Å²) in [5, 5.41) is 13.4. The van der Waals surface area contributed by atoms with Gasteiger partial charge in [-0.3, -0.25) is 20.3 Å². The van der Waals surface area contributed by atoms with Crippen LogP contribution in [0.4, 0.5) is 10.5 Å². The van der Waals surface area contributed by atoms with Gasteiger partial charge < -0.3 is 19.2 Å². The standard InChI is InChI=1S/C33H31N3O7/c1-19(37)21-10-14-25(27(17-21)31(39)41-5)24-15-11-22(28-7-6-16-42-28)18-26(24)30(38)35-23-12-8-20(9-13-23)29(34)36-32(40)43-33(2,3)4/h6-18H,1-5H3,(H,35,38)(H2,34,36,40). The normalized spacial score (nSPS) is 10.9. The fourth-order valence-electron chi connectivity index (χ4n) is 4.24. The number of amides is 2. The van der Waals surface area contributed by atoms with Gasteiger partial charge in [-0.1, -0.05) is 24.3 Å². The number of hydrogen-bond donors (Lipinski definition) is 3. The third-order valence-corrected chi connectivity index (χ3v) is 6.25. The highest BCUT2D eigenvalue weighted by molar-refractivity contribution is 6.12. The van der Waals surface area contributed by atoms with Gasteiger partial charge in [0.15, 0.2) is 5.78 Å². The molecule has 1 aromatic heterocycles. The zero-order valence-electron chi connectivity index (χ0n) is 24.4. The Hall–Kier alpha value is -5.51. The Morgan fingerprint density at radius 3 is 2.09 bits per heavy atom. The number of carbonyl (C=O) groups excluding carboxylic acids is 4. The van der Waals surface area contributed by atoms with Crippen LogP contribution in [0.1, 0.15) is 64.3 Å². The van der Waals surface area contributed by atoms with Crippen LogP contribution in [0, 0.1) is 5.41 Å². The Morgan fingerprint density at radius 1 is 0.837 bits per heavy atom. The number of ether oxygens (including phenoxy) is 2. The maximum atomic E-state index is 13.7. The SMILES string of the molecule is COC(=O)c1cc(C(C)=O)ccc1-c1ccc(-c2ccco2)cc1C(=O)Nc1ccc(C(=N)NC(=O)OC(C)(C)C)cc1. The number of esters is 1. The monoisotopic (exact) mass is 581 g/mol. The van der Waals surface area contributed by atoms with Crippen LogP contribution in [0.15, 0.2) is 83.5 Å². The summed E-state index contributed by atoms with van der Waals surface area (Å²) in [5.74, 6) is -0.978. The second-order valence-corrected chi connectivity index (χ2v) is 10.6. The molecule has 1 heterocycles. The topological polar surface area (TPSA) is 148 Å². The van der Waals surface area contributed by atoms with Crippen LogP contribution in [-0.4, -0.2) is 42.3 Å². The predicted octanol–water partition coefficient (Wildman–Crippen LogP) is 6.71. The molecule has 0 unspecified atom stereocenters. The first-order valence-electron chi connectivity index (χ1n) is 13.3. The Kier molecular flexibility index (Phi) is 8.89. The molecule has 3 aromatic carbocycles. The molecule has 0 bridgehead atoms. The number of Topliss-reactive ketones (excluding diaryl/α,β-unsaturated/α-hetero) is 1. The number of furan rings is 1. The number of methoxy groups -OCH3 is 1. The highest BCUT2D eigenvalue weighted by atomic mass is 16.6. The van der Waals surface area contributed by atoms with Gasteiger partial charge in [0.25, 0.3) is 5.91 Å². The fraction of sp³-hybridized carbons (Fsp3) is 0.182. The Labute approximate surface area is 248 Å². The van der Waals surface area contributed by atoms with Crippen molar-refractivity contribution in [3.8, 4) is 22.5 Å². The molecule has 0 aliphatic rings. The van der Waals surface area contributed by atoms with E-state index in [-0.39, 0.29) is 22.7 Å². The van der Waals surface area contributed by atoms with Crippen molar-refractivity contribution in [2.75, 3.05) is 12.4 Å². The Balaban J connectivity index is 1.67. The minimum atomic E-state index is -0.749. The predicted molar refractivity (Wildman–Crippen MR) is 162 cm³/mol. The molecular weight excluding hydrogens is 550 g/mol. The van der Waals surface area contributed by atoms with Gasteiger partial charge in [-0.2, -0.15) is 0 Å². The van der Waals surface area contributed by atoms with Crippen LogP contribution >= 0.6 is 0 Å². The van der Waals surface area contributed by atoms with Gasteiger partial charge in [0, 0.05) is 27.9 Å². The maximum Gasteiger partial charge on any atom is 0.413 e. The molecule has 4 aromatic rings. The van der Waals surface area contributed by atoms with Crippen LogP contribution in [-0.2, 0) is 9.47 Å². The van der Waals surface area contributed by atoms with Gasteiger partial charge in [0.1, 0.15) is 17.2 Å². The minimum absolute atomic E-state index is 0.135. The van der Waals surface area contributed by atoms with Gasteiger partial charge in [0.2, 0.25) is 0 Å². The molecule has 0 atom stereocenters. The summed E-state index contributed by atoms with van der Waals surface area (Å²) < 4.78 is 15.7. The maximum absolute atomic E-state index is 13.7. The van der Waals surface area contributed by atoms with Crippen molar-refractivity contribution < 1.29 is 33.1 Å². The lowest BCUT2D eigenvalue weighted by Gasteiger charge is -2.19. The number of anilines is 1. The molecule has 220 valence electrons. The minimum Gasteiger partial charge on any atom is -0.465 e. The van der Waals surface area contributed by atoms with Crippen LogP contribution in [0.3, 0.4) is 0 Å². The van der Waals surface area contributed by atoms with Gasteiger partial charge in [-0.25, -0.2) is 9.59 Å². The molecule has 3 N–H and O–H groups in total. The smallest absolute Gasteiger partial charge is 0.413 e. The summed E-state index contributed by atoms with van der Waals surface area (Å²) in [4.78, 5) is 50.5. The largest absolute Gasteiger partial charge is 0.465 e. The number of nitrogens with one attached hydrogen (secondary N) is 3. The lowest BCUT2D eigenvalue weighted by atomic mass is 9.91. The molecular formula is C33H31N3O7. The van der Waals surface area contributed by atoms with Crippen LogP contribution in [0.5, 0.6) is 0 Å². The molecule has 0 fully saturated rings. The molecule has 2 amide bonds. The number of carbonyl (C=O) groups is 4. The molecule has 4 rings (SSSR count). The van der Waals surface area contributed by atoms with Crippen molar-refractivity contribution in [3.63, 3.8) is 0 Å². The first-order chi connectivity index (χ1) is 20.4. The van der Waals surface area contributed by atoms with Gasteiger partial charge in [-0.15, -0.1) is 0 Å². The fourth-order valence-corrected chi connectivity index (χ4v) is 4.24. The van der Waals surface area contributed by atoms with E-state index in [0.29, 0.717) is 39.3 Å². The Bertz CT molecular complexity index is 1700. The van der Waals surface area contributed by atoms with E-state index in [0.717, 1.165) is 0 Å². The van der Waals surface area contributed by atoms with Crippen LogP contribution in [0.25, 0.3) is 22.5 Å². The number of alkyl carbamates (subject to hydrolysis) is 1. The van der Waals surface area contributed by atoms with E-state index in [1.807, 2.05) is 0 Å². The summed E-state index contributed by atoms with van der Waals surface area (Å²) in [5.41, 5.74) is 2.29. The third kappa shape index (κ3) is 7.42. The van der Waals surface area contributed by atoms with E-state index in [9.17, 15) is 19.2 Å². The van der Waals surface area contributed by atoms with Crippen molar-refractivity contribution in [1.29, 1.82) is 5.41 Å². The second-order valence-electron chi connectivity index (χ2n) is 10.6. The molecule has 43 heavy (non-hydrogen) atoms. The molecule has 0 spiro atoms. The first-order valence-corrected chi connectivity index (χ1v) is 13.3. The van der Waals surface area contributed by atoms with E-state index < -0.39 is 23.6 Å². The van der Waals surface area contributed by atoms with E-state index >= 15 is 0 Å². The van der Waals surface area contributed by atoms with Crippen molar-refractivity contribution in [1.82, 2.24) is 5.32 Å². The molecule has 10 nitrogen and oxygen atoms in total. The second kappa shape index (κ2) is 12.6. The molecule has 0 aliphatic heterocycles. The van der Waals surface area contributed by atoms with Crippen LogP contribution < -0.4 is 10.6 Å². The quantitative estimate of drug-likeness (QED) is 0.0951.